The molecule has 1 heterocycles. The van der Waals surface area contributed by atoms with E-state index >= 15 is 0 Å². The van der Waals surface area contributed by atoms with Crippen molar-refractivity contribution in [1.29, 1.82) is 5.26 Å². The summed E-state index contributed by atoms with van der Waals surface area (Å²) in [5.41, 5.74) is 6.75. The number of fused-ring (bicyclic) bond motifs is 1. The van der Waals surface area contributed by atoms with Crippen LogP contribution in [0, 0.1) is 11.3 Å². The predicted octanol–water partition coefficient (Wildman–Crippen LogP) is 1.56. The van der Waals surface area contributed by atoms with Gasteiger partial charge in [0, 0.05) is 22.7 Å². The Morgan fingerprint density at radius 1 is 1.44 bits per heavy atom. The van der Waals surface area contributed by atoms with Crippen LogP contribution in [0.25, 0.3) is 17.0 Å². The molecule has 78 valence electrons. The molecule has 16 heavy (non-hydrogen) atoms. The lowest BCUT2D eigenvalue weighted by Gasteiger charge is -1.92. The van der Waals surface area contributed by atoms with Crippen molar-refractivity contribution >= 4 is 22.9 Å². The summed E-state index contributed by atoms with van der Waals surface area (Å²) in [6, 6.07) is 9.41. The van der Waals surface area contributed by atoms with Crippen molar-refractivity contribution in [2.75, 3.05) is 0 Å². The first kappa shape index (κ1) is 9.99. The number of hydrogen-bond acceptors (Lipinski definition) is 2. The molecular weight excluding hydrogens is 202 g/mol. The second-order valence-corrected chi connectivity index (χ2v) is 3.32. The van der Waals surface area contributed by atoms with Crippen molar-refractivity contribution in [2.45, 2.75) is 0 Å². The summed E-state index contributed by atoms with van der Waals surface area (Å²) in [7, 11) is 0. The van der Waals surface area contributed by atoms with E-state index in [1.165, 1.54) is 6.08 Å². The number of hydrogen-bond donors (Lipinski definition) is 2. The van der Waals surface area contributed by atoms with E-state index in [1.807, 2.05) is 24.3 Å². The number of carbonyl (C=O) groups is 1. The Kier molecular flexibility index (Phi) is 2.44. The fourth-order valence-corrected chi connectivity index (χ4v) is 1.53. The predicted molar refractivity (Wildman–Crippen MR) is 61.1 cm³/mol. The van der Waals surface area contributed by atoms with Gasteiger partial charge in [-0.15, -0.1) is 0 Å². The molecule has 3 N–H and O–H groups in total. The zero-order chi connectivity index (χ0) is 11.5. The average molecular weight is 211 g/mol. The van der Waals surface area contributed by atoms with Gasteiger partial charge < -0.3 is 10.7 Å². The maximum absolute atomic E-state index is 10.9. The SMILES string of the molecule is N#C/C(=C/c1c[nH]c2ccccc12)C(N)=O. The van der Waals surface area contributed by atoms with Gasteiger partial charge in [0.25, 0.3) is 5.91 Å². The van der Waals surface area contributed by atoms with Gasteiger partial charge in [-0.3, -0.25) is 4.79 Å². The number of aromatic amines is 1. The maximum Gasteiger partial charge on any atom is 0.259 e. The highest BCUT2D eigenvalue weighted by Crippen LogP contribution is 2.19. The number of nitrogens with one attached hydrogen (secondary N) is 1. The van der Waals surface area contributed by atoms with Crippen molar-refractivity contribution in [3.8, 4) is 6.07 Å². The molecule has 1 aromatic carbocycles. The van der Waals surface area contributed by atoms with Crippen LogP contribution >= 0.6 is 0 Å². The molecule has 0 aliphatic heterocycles. The summed E-state index contributed by atoms with van der Waals surface area (Å²) in [6.07, 6.45) is 3.23. The summed E-state index contributed by atoms with van der Waals surface area (Å²) in [5, 5.41) is 9.69. The molecule has 0 unspecified atom stereocenters. The Hall–Kier alpha value is -2.54. The number of para-hydroxylation sites is 1. The number of rotatable bonds is 2. The highest BCUT2D eigenvalue weighted by molar-refractivity contribution is 6.03. The van der Waals surface area contributed by atoms with E-state index in [4.69, 9.17) is 11.0 Å². The van der Waals surface area contributed by atoms with E-state index in [0.29, 0.717) is 0 Å². The van der Waals surface area contributed by atoms with E-state index in [1.54, 1.807) is 12.3 Å². The molecule has 2 rings (SSSR count). The summed E-state index contributed by atoms with van der Waals surface area (Å²) in [5.74, 6) is -0.715. The van der Waals surface area contributed by atoms with Gasteiger partial charge in [0.05, 0.1) is 0 Å². The summed E-state index contributed by atoms with van der Waals surface area (Å²) in [4.78, 5) is 14.0. The van der Waals surface area contributed by atoms with Crippen LogP contribution in [-0.2, 0) is 4.79 Å². The Balaban J connectivity index is 2.57. The lowest BCUT2D eigenvalue weighted by molar-refractivity contribution is -0.114. The van der Waals surface area contributed by atoms with Gasteiger partial charge in [-0.05, 0) is 12.1 Å². The van der Waals surface area contributed by atoms with Crippen molar-refractivity contribution in [2.24, 2.45) is 5.73 Å². The van der Waals surface area contributed by atoms with Crippen molar-refractivity contribution in [3.05, 3.63) is 41.6 Å². The van der Waals surface area contributed by atoms with Gasteiger partial charge in [0.2, 0.25) is 0 Å². The van der Waals surface area contributed by atoms with Crippen LogP contribution in [0.4, 0.5) is 0 Å². The van der Waals surface area contributed by atoms with Gasteiger partial charge in [0.1, 0.15) is 11.6 Å². The molecule has 2 aromatic rings. The largest absolute Gasteiger partial charge is 0.365 e. The van der Waals surface area contributed by atoms with Gasteiger partial charge >= 0.3 is 0 Å². The molecular formula is C12H9N3O. The molecule has 1 amide bonds. The molecule has 0 atom stereocenters. The Morgan fingerprint density at radius 3 is 2.88 bits per heavy atom. The van der Waals surface area contributed by atoms with Crippen molar-refractivity contribution < 1.29 is 4.79 Å². The Bertz CT molecular complexity index is 616. The second kappa shape index (κ2) is 3.91. The number of nitriles is 1. The summed E-state index contributed by atoms with van der Waals surface area (Å²) in [6.45, 7) is 0. The minimum absolute atomic E-state index is 0.0512. The number of aromatic nitrogens is 1. The molecule has 0 spiro atoms. The monoisotopic (exact) mass is 211 g/mol. The number of primary amides is 1. The van der Waals surface area contributed by atoms with E-state index in [9.17, 15) is 4.79 Å². The number of nitrogens with zero attached hydrogens (tertiary/aromatic N) is 1. The lowest BCUT2D eigenvalue weighted by Crippen LogP contribution is -2.12. The van der Waals surface area contributed by atoms with Crippen molar-refractivity contribution in [1.82, 2.24) is 4.98 Å². The van der Waals surface area contributed by atoms with Gasteiger partial charge in [-0.25, -0.2) is 0 Å². The third-order valence-corrected chi connectivity index (χ3v) is 2.31. The molecule has 0 aliphatic carbocycles. The van der Waals surface area contributed by atoms with Crippen LogP contribution < -0.4 is 5.73 Å². The number of amides is 1. The number of nitrogens with two attached hydrogens (primary N) is 1. The first-order valence-electron chi connectivity index (χ1n) is 4.70. The standard InChI is InChI=1S/C12H9N3O/c13-6-8(12(14)16)5-9-7-15-11-4-2-1-3-10(9)11/h1-5,7,15H,(H2,14,16)/b8-5-. The molecule has 0 fully saturated rings. The van der Waals surface area contributed by atoms with Gasteiger partial charge in [-0.2, -0.15) is 5.26 Å². The fraction of sp³-hybridized carbons (Fsp3) is 0. The van der Waals surface area contributed by atoms with Crippen molar-refractivity contribution in [3.63, 3.8) is 0 Å². The van der Waals surface area contributed by atoms with E-state index in [2.05, 4.69) is 4.98 Å². The molecule has 1 aromatic heterocycles. The molecule has 4 nitrogen and oxygen atoms in total. The molecule has 0 radical (unpaired) electrons. The summed E-state index contributed by atoms with van der Waals surface area (Å²) < 4.78 is 0. The highest BCUT2D eigenvalue weighted by atomic mass is 16.1. The fourth-order valence-electron chi connectivity index (χ4n) is 1.53. The van der Waals surface area contributed by atoms with Gasteiger partial charge in [0.15, 0.2) is 0 Å². The first-order valence-corrected chi connectivity index (χ1v) is 4.70. The Labute approximate surface area is 92.0 Å². The Morgan fingerprint density at radius 2 is 2.19 bits per heavy atom. The van der Waals surface area contributed by atoms with Crippen LogP contribution in [0.2, 0.25) is 0 Å². The third-order valence-electron chi connectivity index (χ3n) is 2.31. The van der Waals surface area contributed by atoms with Crippen LogP contribution in [0.3, 0.4) is 0 Å². The quantitative estimate of drug-likeness (QED) is 0.583. The normalized spacial score (nSPS) is 11.3. The van der Waals surface area contributed by atoms with Gasteiger partial charge in [-0.1, -0.05) is 18.2 Å². The number of benzene rings is 1. The molecule has 0 aliphatic rings. The lowest BCUT2D eigenvalue weighted by atomic mass is 10.1. The van der Waals surface area contributed by atoms with Crippen LogP contribution in [0.1, 0.15) is 5.56 Å². The first-order chi connectivity index (χ1) is 7.72. The van der Waals surface area contributed by atoms with Crippen LogP contribution in [0.15, 0.2) is 36.0 Å². The molecule has 0 bridgehead atoms. The highest BCUT2D eigenvalue weighted by Gasteiger charge is 2.06. The second-order valence-electron chi connectivity index (χ2n) is 3.32. The zero-order valence-corrected chi connectivity index (χ0v) is 8.40. The summed E-state index contributed by atoms with van der Waals surface area (Å²) >= 11 is 0. The number of carbonyl (C=O) groups excluding carboxylic acids is 1. The zero-order valence-electron chi connectivity index (χ0n) is 8.40. The maximum atomic E-state index is 10.9. The third kappa shape index (κ3) is 1.66. The topological polar surface area (TPSA) is 82.7 Å². The number of H-pyrrole nitrogens is 1. The van der Waals surface area contributed by atoms with Crippen LogP contribution in [0.5, 0.6) is 0 Å². The molecule has 4 heteroatoms. The minimum atomic E-state index is -0.715. The molecule has 0 saturated carbocycles. The van der Waals surface area contributed by atoms with E-state index < -0.39 is 5.91 Å². The van der Waals surface area contributed by atoms with Crippen LogP contribution in [-0.4, -0.2) is 10.9 Å². The molecule has 0 saturated heterocycles. The average Bonchev–Trinajstić information content (AvgIpc) is 2.69. The van der Waals surface area contributed by atoms with E-state index in [-0.39, 0.29) is 5.57 Å². The minimum Gasteiger partial charge on any atom is -0.365 e. The smallest absolute Gasteiger partial charge is 0.259 e. The van der Waals surface area contributed by atoms with E-state index in [0.717, 1.165) is 16.5 Å².